The molecule has 2 heterocycles. The summed E-state index contributed by atoms with van der Waals surface area (Å²) < 4.78 is 12.3. The number of aromatic nitrogens is 2. The number of benzene rings is 1. The Balaban J connectivity index is 2.04. The first kappa shape index (κ1) is 14.8. The van der Waals surface area contributed by atoms with Crippen LogP contribution in [-0.2, 0) is 6.42 Å². The van der Waals surface area contributed by atoms with E-state index in [1.54, 1.807) is 0 Å². The predicted octanol–water partition coefficient (Wildman–Crippen LogP) is 4.13. The van der Waals surface area contributed by atoms with Crippen molar-refractivity contribution in [2.24, 2.45) is 0 Å². The van der Waals surface area contributed by atoms with E-state index in [4.69, 9.17) is 21.1 Å². The molecule has 21 heavy (non-hydrogen) atoms. The van der Waals surface area contributed by atoms with Crippen LogP contribution in [0.3, 0.4) is 0 Å². The molecule has 0 saturated heterocycles. The zero-order chi connectivity index (χ0) is 14.8. The number of hydrogen-bond donors (Lipinski definition) is 0. The number of fused-ring (bicyclic) bond motifs is 1. The van der Waals surface area contributed by atoms with Gasteiger partial charge in [-0.3, -0.25) is 0 Å². The van der Waals surface area contributed by atoms with Crippen LogP contribution in [0.5, 0.6) is 11.5 Å². The minimum atomic E-state index is 0.490. The van der Waals surface area contributed by atoms with E-state index in [1.165, 1.54) is 0 Å². The monoisotopic (exact) mass is 416 g/mol. The number of hydrogen-bond acceptors (Lipinski definition) is 4. The van der Waals surface area contributed by atoms with Crippen LogP contribution < -0.4 is 9.47 Å². The van der Waals surface area contributed by atoms with E-state index in [1.807, 2.05) is 18.2 Å². The van der Waals surface area contributed by atoms with Crippen LogP contribution in [0.25, 0.3) is 11.4 Å². The van der Waals surface area contributed by atoms with Crippen molar-refractivity contribution in [1.29, 1.82) is 0 Å². The molecule has 1 aliphatic heterocycles. The van der Waals surface area contributed by atoms with Gasteiger partial charge >= 0.3 is 0 Å². The molecule has 1 aromatic carbocycles. The first-order valence-electron chi connectivity index (χ1n) is 6.81. The fourth-order valence-electron chi connectivity index (χ4n) is 2.13. The molecule has 0 N–H and O–H groups in total. The Morgan fingerprint density at radius 3 is 2.71 bits per heavy atom. The van der Waals surface area contributed by atoms with Gasteiger partial charge in [0.05, 0.1) is 22.5 Å². The first-order valence-corrected chi connectivity index (χ1v) is 8.26. The van der Waals surface area contributed by atoms with E-state index >= 15 is 0 Å². The Morgan fingerprint density at radius 2 is 1.95 bits per heavy atom. The van der Waals surface area contributed by atoms with Gasteiger partial charge < -0.3 is 9.47 Å². The summed E-state index contributed by atoms with van der Waals surface area (Å²) in [6, 6.07) is 5.75. The van der Waals surface area contributed by atoms with Crippen molar-refractivity contribution in [1.82, 2.24) is 9.97 Å². The molecule has 0 atom stereocenters. The summed E-state index contributed by atoms with van der Waals surface area (Å²) in [6.07, 6.45) is 1.70. The highest BCUT2D eigenvalue weighted by atomic mass is 127. The zero-order valence-electron chi connectivity index (χ0n) is 11.5. The summed E-state index contributed by atoms with van der Waals surface area (Å²) >= 11 is 8.38. The molecular formula is C15H14ClIN2O2. The van der Waals surface area contributed by atoms with Crippen molar-refractivity contribution in [3.63, 3.8) is 0 Å². The van der Waals surface area contributed by atoms with Gasteiger partial charge in [0.1, 0.15) is 5.15 Å². The Kier molecular flexibility index (Phi) is 4.49. The SMILES string of the molecule is CCc1nc(-c2ccc3c(c2)OCCCO3)nc(Cl)c1I. The van der Waals surface area contributed by atoms with Crippen molar-refractivity contribution >= 4 is 34.2 Å². The molecule has 0 spiro atoms. The summed E-state index contributed by atoms with van der Waals surface area (Å²) in [4.78, 5) is 8.97. The maximum Gasteiger partial charge on any atom is 0.161 e. The molecule has 0 bridgehead atoms. The summed E-state index contributed by atoms with van der Waals surface area (Å²) in [5, 5.41) is 0.490. The average molecular weight is 417 g/mol. The van der Waals surface area contributed by atoms with Gasteiger partial charge in [0, 0.05) is 12.0 Å². The fourth-order valence-corrected chi connectivity index (χ4v) is 2.94. The maximum atomic E-state index is 6.20. The third-order valence-corrected chi connectivity index (χ3v) is 4.95. The van der Waals surface area contributed by atoms with Gasteiger partial charge in [-0.1, -0.05) is 18.5 Å². The van der Waals surface area contributed by atoms with E-state index in [2.05, 4.69) is 39.5 Å². The molecule has 6 heteroatoms. The second kappa shape index (κ2) is 6.36. The lowest BCUT2D eigenvalue weighted by Crippen LogP contribution is -2.00. The number of nitrogens with zero attached hydrogens (tertiary/aromatic N) is 2. The van der Waals surface area contributed by atoms with Crippen molar-refractivity contribution in [2.45, 2.75) is 19.8 Å². The molecule has 0 fully saturated rings. The molecular weight excluding hydrogens is 403 g/mol. The predicted molar refractivity (Wildman–Crippen MR) is 90.2 cm³/mol. The molecule has 1 aromatic heterocycles. The molecule has 1 aliphatic rings. The number of aryl methyl sites for hydroxylation is 1. The molecule has 0 aliphatic carbocycles. The van der Waals surface area contributed by atoms with Crippen LogP contribution in [-0.4, -0.2) is 23.2 Å². The molecule has 2 aromatic rings. The lowest BCUT2D eigenvalue weighted by Gasteiger charge is -2.10. The van der Waals surface area contributed by atoms with Gasteiger partial charge in [-0.15, -0.1) is 0 Å². The van der Waals surface area contributed by atoms with Gasteiger partial charge in [-0.2, -0.15) is 0 Å². The van der Waals surface area contributed by atoms with Crippen molar-refractivity contribution in [3.05, 3.63) is 32.6 Å². The van der Waals surface area contributed by atoms with Gasteiger partial charge in [0.25, 0.3) is 0 Å². The number of ether oxygens (including phenoxy) is 2. The Hall–Kier alpha value is -1.08. The topological polar surface area (TPSA) is 44.2 Å². The lowest BCUT2D eigenvalue weighted by atomic mass is 10.2. The highest BCUT2D eigenvalue weighted by Gasteiger charge is 2.15. The van der Waals surface area contributed by atoms with Crippen LogP contribution >= 0.6 is 34.2 Å². The average Bonchev–Trinajstić information content (AvgIpc) is 2.74. The third kappa shape index (κ3) is 3.08. The minimum Gasteiger partial charge on any atom is -0.490 e. The number of rotatable bonds is 2. The van der Waals surface area contributed by atoms with Gasteiger partial charge in [-0.05, 0) is 47.2 Å². The molecule has 0 unspecified atom stereocenters. The van der Waals surface area contributed by atoms with Gasteiger partial charge in [-0.25, -0.2) is 9.97 Å². The van der Waals surface area contributed by atoms with Crippen LogP contribution in [0.15, 0.2) is 18.2 Å². The standard InChI is InChI=1S/C15H14ClIN2O2/c1-2-10-13(17)14(16)19-15(18-10)9-4-5-11-12(8-9)21-7-3-6-20-11/h4-5,8H,2-3,6-7H2,1H3. The summed E-state index contributed by atoms with van der Waals surface area (Å²) in [7, 11) is 0. The van der Waals surface area contributed by atoms with Crippen LogP contribution in [0.1, 0.15) is 19.0 Å². The van der Waals surface area contributed by atoms with E-state index in [-0.39, 0.29) is 0 Å². The first-order chi connectivity index (χ1) is 10.2. The summed E-state index contributed by atoms with van der Waals surface area (Å²) in [5.41, 5.74) is 1.84. The van der Waals surface area contributed by atoms with Gasteiger partial charge in [0.2, 0.25) is 0 Å². The number of halogens is 2. The van der Waals surface area contributed by atoms with Crippen LogP contribution in [0.2, 0.25) is 5.15 Å². The summed E-state index contributed by atoms with van der Waals surface area (Å²) in [6.45, 7) is 3.39. The van der Waals surface area contributed by atoms with Crippen LogP contribution in [0.4, 0.5) is 0 Å². The smallest absolute Gasteiger partial charge is 0.161 e. The molecule has 0 saturated carbocycles. The largest absolute Gasteiger partial charge is 0.490 e. The molecule has 0 radical (unpaired) electrons. The molecule has 4 nitrogen and oxygen atoms in total. The normalized spacial score (nSPS) is 13.9. The Bertz CT molecular complexity index is 679. The zero-order valence-corrected chi connectivity index (χ0v) is 14.4. The second-order valence-electron chi connectivity index (χ2n) is 4.66. The maximum absolute atomic E-state index is 6.20. The van der Waals surface area contributed by atoms with Crippen molar-refractivity contribution in [3.8, 4) is 22.9 Å². The third-order valence-electron chi connectivity index (χ3n) is 3.22. The van der Waals surface area contributed by atoms with Crippen molar-refractivity contribution < 1.29 is 9.47 Å². The lowest BCUT2D eigenvalue weighted by molar-refractivity contribution is 0.297. The van der Waals surface area contributed by atoms with Crippen molar-refractivity contribution in [2.75, 3.05) is 13.2 Å². The second-order valence-corrected chi connectivity index (χ2v) is 6.10. The molecule has 3 rings (SSSR count). The highest BCUT2D eigenvalue weighted by Crippen LogP contribution is 2.34. The van der Waals surface area contributed by atoms with Gasteiger partial charge in [0.15, 0.2) is 17.3 Å². The Labute approximate surface area is 142 Å². The van der Waals surface area contributed by atoms with E-state index in [0.29, 0.717) is 24.2 Å². The van der Waals surface area contributed by atoms with E-state index < -0.39 is 0 Å². The minimum absolute atomic E-state index is 0.490. The molecule has 0 amide bonds. The highest BCUT2D eigenvalue weighted by molar-refractivity contribution is 14.1. The molecule has 110 valence electrons. The summed E-state index contributed by atoms with van der Waals surface area (Å²) in [5.74, 6) is 2.12. The van der Waals surface area contributed by atoms with E-state index in [9.17, 15) is 0 Å². The Morgan fingerprint density at radius 1 is 1.19 bits per heavy atom. The van der Waals surface area contributed by atoms with E-state index in [0.717, 1.165) is 39.2 Å². The quantitative estimate of drug-likeness (QED) is 0.545. The fraction of sp³-hybridized carbons (Fsp3) is 0.333. The van der Waals surface area contributed by atoms with Crippen LogP contribution in [0, 0.1) is 3.57 Å².